The van der Waals surface area contributed by atoms with Crippen molar-refractivity contribution in [3.63, 3.8) is 0 Å². The highest BCUT2D eigenvalue weighted by Gasteiger charge is 2.25. The summed E-state index contributed by atoms with van der Waals surface area (Å²) in [5.74, 6) is 0.957. The zero-order valence-corrected chi connectivity index (χ0v) is 7.38. The van der Waals surface area contributed by atoms with Gasteiger partial charge >= 0.3 is 0 Å². The molecule has 2 N–H and O–H groups in total. The molecule has 1 aliphatic carbocycles. The minimum atomic E-state index is 0.442. The third kappa shape index (κ3) is 3.73. The maximum atomic E-state index is 5.55. The molecule has 11 heavy (non-hydrogen) atoms. The summed E-state index contributed by atoms with van der Waals surface area (Å²) in [6, 6.07) is 0. The third-order valence-corrected chi connectivity index (χ3v) is 2.18. The van der Waals surface area contributed by atoms with Gasteiger partial charge in [-0.15, -0.1) is 0 Å². The van der Waals surface area contributed by atoms with Gasteiger partial charge in [-0.3, -0.25) is 0 Å². The number of ether oxygens (including phenoxy) is 1. The molecule has 1 aliphatic rings. The van der Waals surface area contributed by atoms with E-state index in [-0.39, 0.29) is 0 Å². The van der Waals surface area contributed by atoms with E-state index in [0.717, 1.165) is 25.5 Å². The number of nitrogens with two attached hydrogens (primary N) is 1. The van der Waals surface area contributed by atoms with Crippen LogP contribution in [0.3, 0.4) is 0 Å². The first kappa shape index (κ1) is 9.01. The predicted molar refractivity (Wildman–Crippen MR) is 46.4 cm³/mol. The average molecular weight is 157 g/mol. The maximum absolute atomic E-state index is 5.55. The second kappa shape index (κ2) is 4.73. The van der Waals surface area contributed by atoms with Crippen LogP contribution >= 0.6 is 0 Å². The van der Waals surface area contributed by atoms with Crippen molar-refractivity contribution in [2.45, 2.75) is 38.7 Å². The average Bonchev–Trinajstić information content (AvgIpc) is 2.73. The van der Waals surface area contributed by atoms with Gasteiger partial charge in [0.15, 0.2) is 0 Å². The Hall–Kier alpha value is -0.0800. The molecule has 0 saturated heterocycles. The van der Waals surface area contributed by atoms with Crippen LogP contribution in [0.25, 0.3) is 0 Å². The maximum Gasteiger partial charge on any atom is 0.0589 e. The number of rotatable bonds is 6. The first-order valence-electron chi connectivity index (χ1n) is 4.68. The van der Waals surface area contributed by atoms with Crippen molar-refractivity contribution in [1.82, 2.24) is 0 Å². The van der Waals surface area contributed by atoms with Gasteiger partial charge in [0.25, 0.3) is 0 Å². The molecule has 0 amide bonds. The van der Waals surface area contributed by atoms with Crippen molar-refractivity contribution < 1.29 is 4.74 Å². The monoisotopic (exact) mass is 157 g/mol. The minimum absolute atomic E-state index is 0.442. The molecular weight excluding hydrogens is 138 g/mol. The predicted octanol–water partition coefficient (Wildman–Crippen LogP) is 1.54. The summed E-state index contributed by atoms with van der Waals surface area (Å²) in [6.45, 7) is 3.64. The van der Waals surface area contributed by atoms with Crippen LogP contribution in [-0.2, 0) is 4.74 Å². The van der Waals surface area contributed by atoms with Crippen molar-refractivity contribution in [2.75, 3.05) is 13.2 Å². The van der Waals surface area contributed by atoms with E-state index < -0.39 is 0 Å². The lowest BCUT2D eigenvalue weighted by atomic mass is 10.1. The molecule has 1 saturated carbocycles. The summed E-state index contributed by atoms with van der Waals surface area (Å²) in [4.78, 5) is 0. The summed E-state index contributed by atoms with van der Waals surface area (Å²) >= 11 is 0. The second-order valence-electron chi connectivity index (χ2n) is 3.33. The summed E-state index contributed by atoms with van der Waals surface area (Å²) in [7, 11) is 0. The molecular formula is C9H19NO. The Morgan fingerprint density at radius 2 is 2.27 bits per heavy atom. The highest BCUT2D eigenvalue weighted by Crippen LogP contribution is 2.34. The summed E-state index contributed by atoms with van der Waals surface area (Å²) in [6.07, 6.45) is 5.54. The lowest BCUT2D eigenvalue weighted by Gasteiger charge is -2.14. The van der Waals surface area contributed by atoms with Gasteiger partial charge in [-0.25, -0.2) is 0 Å². The molecule has 0 aromatic rings. The smallest absolute Gasteiger partial charge is 0.0589 e. The largest absolute Gasteiger partial charge is 0.378 e. The van der Waals surface area contributed by atoms with E-state index in [1.54, 1.807) is 0 Å². The lowest BCUT2D eigenvalue weighted by molar-refractivity contribution is 0.0486. The van der Waals surface area contributed by atoms with Crippen LogP contribution in [0.4, 0.5) is 0 Å². The van der Waals surface area contributed by atoms with Crippen molar-refractivity contribution >= 4 is 0 Å². The zero-order chi connectivity index (χ0) is 8.10. The van der Waals surface area contributed by atoms with Crippen molar-refractivity contribution in [2.24, 2.45) is 11.7 Å². The SMILES string of the molecule is CCOC(CCN)CC1CC1. The fourth-order valence-corrected chi connectivity index (χ4v) is 1.42. The van der Waals surface area contributed by atoms with Crippen LogP contribution in [0.1, 0.15) is 32.6 Å². The van der Waals surface area contributed by atoms with E-state index in [1.165, 1.54) is 19.3 Å². The number of hydrogen-bond donors (Lipinski definition) is 1. The standard InChI is InChI=1S/C9H19NO/c1-2-11-9(5-6-10)7-8-3-4-8/h8-9H,2-7,10H2,1H3. The molecule has 0 radical (unpaired) electrons. The molecule has 1 rings (SSSR count). The molecule has 0 heterocycles. The van der Waals surface area contributed by atoms with Gasteiger partial charge in [-0.05, 0) is 32.2 Å². The van der Waals surface area contributed by atoms with E-state index in [4.69, 9.17) is 10.5 Å². The van der Waals surface area contributed by atoms with Gasteiger partial charge in [0.1, 0.15) is 0 Å². The third-order valence-electron chi connectivity index (χ3n) is 2.18. The first-order valence-corrected chi connectivity index (χ1v) is 4.68. The van der Waals surface area contributed by atoms with Crippen molar-refractivity contribution in [3.8, 4) is 0 Å². The summed E-state index contributed by atoms with van der Waals surface area (Å²) < 4.78 is 5.55. The molecule has 1 atom stereocenters. The van der Waals surface area contributed by atoms with Gasteiger partial charge in [-0.2, -0.15) is 0 Å². The van der Waals surface area contributed by atoms with Gasteiger partial charge in [0.2, 0.25) is 0 Å². The van der Waals surface area contributed by atoms with Gasteiger partial charge in [0.05, 0.1) is 6.10 Å². The van der Waals surface area contributed by atoms with Crippen LogP contribution < -0.4 is 5.73 Å². The van der Waals surface area contributed by atoms with E-state index in [9.17, 15) is 0 Å². The molecule has 0 spiro atoms. The molecule has 0 aliphatic heterocycles. The van der Waals surface area contributed by atoms with Crippen LogP contribution in [0.15, 0.2) is 0 Å². The highest BCUT2D eigenvalue weighted by atomic mass is 16.5. The fraction of sp³-hybridized carbons (Fsp3) is 1.00. The van der Waals surface area contributed by atoms with Gasteiger partial charge in [0, 0.05) is 6.61 Å². The molecule has 1 fully saturated rings. The van der Waals surface area contributed by atoms with E-state index in [0.29, 0.717) is 6.10 Å². The Morgan fingerprint density at radius 3 is 2.73 bits per heavy atom. The summed E-state index contributed by atoms with van der Waals surface area (Å²) in [5.41, 5.74) is 5.48. The molecule has 1 unspecified atom stereocenters. The van der Waals surface area contributed by atoms with E-state index in [1.807, 2.05) is 0 Å². The Kier molecular flexibility index (Phi) is 3.87. The Balaban J connectivity index is 2.08. The van der Waals surface area contributed by atoms with Crippen LogP contribution in [0.5, 0.6) is 0 Å². The van der Waals surface area contributed by atoms with E-state index in [2.05, 4.69) is 6.92 Å². The Bertz CT molecular complexity index is 95.7. The normalized spacial score (nSPS) is 20.2. The fourth-order valence-electron chi connectivity index (χ4n) is 1.42. The van der Waals surface area contributed by atoms with Crippen LogP contribution in [-0.4, -0.2) is 19.3 Å². The van der Waals surface area contributed by atoms with Crippen molar-refractivity contribution in [1.29, 1.82) is 0 Å². The van der Waals surface area contributed by atoms with Crippen LogP contribution in [0.2, 0.25) is 0 Å². The molecule has 0 aromatic heterocycles. The van der Waals surface area contributed by atoms with Gasteiger partial charge in [-0.1, -0.05) is 12.8 Å². The zero-order valence-electron chi connectivity index (χ0n) is 7.38. The van der Waals surface area contributed by atoms with Gasteiger partial charge < -0.3 is 10.5 Å². The second-order valence-corrected chi connectivity index (χ2v) is 3.33. The molecule has 2 heteroatoms. The molecule has 2 nitrogen and oxygen atoms in total. The van der Waals surface area contributed by atoms with Crippen molar-refractivity contribution in [3.05, 3.63) is 0 Å². The molecule has 0 bridgehead atoms. The topological polar surface area (TPSA) is 35.2 Å². The minimum Gasteiger partial charge on any atom is -0.378 e. The molecule has 0 aromatic carbocycles. The molecule has 66 valence electrons. The quantitative estimate of drug-likeness (QED) is 0.634. The van der Waals surface area contributed by atoms with E-state index >= 15 is 0 Å². The number of hydrogen-bond acceptors (Lipinski definition) is 2. The Labute approximate surface area is 69.1 Å². The summed E-state index contributed by atoms with van der Waals surface area (Å²) in [5, 5.41) is 0. The first-order chi connectivity index (χ1) is 5.36. The lowest BCUT2D eigenvalue weighted by Crippen LogP contribution is -2.18. The van der Waals surface area contributed by atoms with Crippen LogP contribution in [0, 0.1) is 5.92 Å². The Morgan fingerprint density at radius 1 is 1.55 bits per heavy atom. The highest BCUT2D eigenvalue weighted by molar-refractivity contribution is 4.77.